The molecule has 72 valence electrons. The van der Waals surface area contributed by atoms with Gasteiger partial charge >= 0.3 is 0 Å². The second kappa shape index (κ2) is 4.86. The van der Waals surface area contributed by atoms with E-state index in [-0.39, 0.29) is 0 Å². The van der Waals surface area contributed by atoms with Crippen LogP contribution in [0.3, 0.4) is 0 Å². The van der Waals surface area contributed by atoms with Crippen LogP contribution in [0.4, 0.5) is 0 Å². The quantitative estimate of drug-likeness (QED) is 0.688. The molecule has 0 saturated heterocycles. The fourth-order valence-electron chi connectivity index (χ4n) is 2.58. The minimum absolute atomic E-state index is 0.803. The lowest BCUT2D eigenvalue weighted by molar-refractivity contribution is 0.244. The standard InChI is InChI=1S/C11H23N/c1-3-9(2)11(8-12)10-6-4-5-7-10/h9-11H,3-8,12H2,1-2H3. The van der Waals surface area contributed by atoms with Gasteiger partial charge in [0, 0.05) is 0 Å². The molecule has 0 bridgehead atoms. The Kier molecular flexibility index (Phi) is 4.07. The van der Waals surface area contributed by atoms with Gasteiger partial charge in [-0.25, -0.2) is 0 Å². The SMILES string of the molecule is CCC(C)C(CN)C1CCCC1. The Labute approximate surface area is 76.7 Å². The van der Waals surface area contributed by atoms with E-state index in [0.29, 0.717) is 0 Å². The van der Waals surface area contributed by atoms with Crippen molar-refractivity contribution in [2.24, 2.45) is 23.5 Å². The molecule has 1 aliphatic carbocycles. The molecule has 0 aromatic carbocycles. The summed E-state index contributed by atoms with van der Waals surface area (Å²) >= 11 is 0. The average Bonchev–Trinajstić information content (AvgIpc) is 2.58. The van der Waals surface area contributed by atoms with Gasteiger partial charge in [0.1, 0.15) is 0 Å². The van der Waals surface area contributed by atoms with Crippen LogP contribution in [0.25, 0.3) is 0 Å². The van der Waals surface area contributed by atoms with E-state index in [1.165, 1.54) is 32.1 Å². The molecule has 0 amide bonds. The summed E-state index contributed by atoms with van der Waals surface area (Å²) in [4.78, 5) is 0. The molecular weight excluding hydrogens is 146 g/mol. The zero-order valence-corrected chi connectivity index (χ0v) is 8.55. The van der Waals surface area contributed by atoms with E-state index in [1.807, 2.05) is 0 Å². The van der Waals surface area contributed by atoms with Crippen LogP contribution in [0.2, 0.25) is 0 Å². The van der Waals surface area contributed by atoms with Gasteiger partial charge in [0.15, 0.2) is 0 Å². The van der Waals surface area contributed by atoms with Gasteiger partial charge in [-0.15, -0.1) is 0 Å². The average molecular weight is 169 g/mol. The predicted octanol–water partition coefficient (Wildman–Crippen LogP) is 2.80. The summed E-state index contributed by atoms with van der Waals surface area (Å²) in [5.41, 5.74) is 5.83. The van der Waals surface area contributed by atoms with E-state index >= 15 is 0 Å². The Bertz CT molecular complexity index is 116. The molecule has 1 aliphatic rings. The Balaban J connectivity index is 2.42. The second-order valence-corrected chi connectivity index (χ2v) is 4.33. The van der Waals surface area contributed by atoms with Gasteiger partial charge in [-0.3, -0.25) is 0 Å². The molecule has 0 aromatic heterocycles. The normalized spacial score (nSPS) is 24.2. The van der Waals surface area contributed by atoms with E-state index in [0.717, 1.165) is 24.3 Å². The highest BCUT2D eigenvalue weighted by molar-refractivity contribution is 4.78. The third kappa shape index (κ3) is 2.22. The van der Waals surface area contributed by atoms with Crippen molar-refractivity contribution in [3.63, 3.8) is 0 Å². The second-order valence-electron chi connectivity index (χ2n) is 4.33. The van der Waals surface area contributed by atoms with Crippen LogP contribution in [-0.2, 0) is 0 Å². The lowest BCUT2D eigenvalue weighted by atomic mass is 9.80. The first-order chi connectivity index (χ1) is 5.79. The summed E-state index contributed by atoms with van der Waals surface area (Å²) in [5.74, 6) is 2.58. The minimum atomic E-state index is 0.803. The lowest BCUT2D eigenvalue weighted by Gasteiger charge is -2.27. The molecule has 12 heavy (non-hydrogen) atoms. The molecule has 2 unspecified atom stereocenters. The smallest absolute Gasteiger partial charge is 0.00437 e. The van der Waals surface area contributed by atoms with Crippen molar-refractivity contribution in [1.82, 2.24) is 0 Å². The van der Waals surface area contributed by atoms with Gasteiger partial charge in [-0.1, -0.05) is 46.0 Å². The van der Waals surface area contributed by atoms with Crippen LogP contribution in [0.5, 0.6) is 0 Å². The molecule has 0 aliphatic heterocycles. The highest BCUT2D eigenvalue weighted by Gasteiger charge is 2.26. The maximum absolute atomic E-state index is 5.83. The van der Waals surface area contributed by atoms with E-state index in [4.69, 9.17) is 5.73 Å². The minimum Gasteiger partial charge on any atom is -0.330 e. The monoisotopic (exact) mass is 169 g/mol. The fourth-order valence-corrected chi connectivity index (χ4v) is 2.58. The van der Waals surface area contributed by atoms with Crippen molar-refractivity contribution in [3.8, 4) is 0 Å². The fraction of sp³-hybridized carbons (Fsp3) is 1.00. The van der Waals surface area contributed by atoms with Crippen molar-refractivity contribution < 1.29 is 0 Å². The maximum Gasteiger partial charge on any atom is -0.00437 e. The Hall–Kier alpha value is -0.0400. The van der Waals surface area contributed by atoms with Gasteiger partial charge in [0.25, 0.3) is 0 Å². The predicted molar refractivity (Wildman–Crippen MR) is 54.0 cm³/mol. The van der Waals surface area contributed by atoms with Crippen molar-refractivity contribution in [2.45, 2.75) is 46.0 Å². The van der Waals surface area contributed by atoms with Crippen LogP contribution in [-0.4, -0.2) is 6.54 Å². The molecule has 1 heteroatoms. The first kappa shape index (κ1) is 10.0. The highest BCUT2D eigenvalue weighted by Crippen LogP contribution is 2.35. The van der Waals surface area contributed by atoms with Gasteiger partial charge in [-0.2, -0.15) is 0 Å². The van der Waals surface area contributed by atoms with Gasteiger partial charge in [0.2, 0.25) is 0 Å². The molecule has 0 spiro atoms. The van der Waals surface area contributed by atoms with E-state index < -0.39 is 0 Å². The molecule has 1 fully saturated rings. The van der Waals surface area contributed by atoms with Crippen LogP contribution in [0, 0.1) is 17.8 Å². The van der Waals surface area contributed by atoms with Gasteiger partial charge < -0.3 is 5.73 Å². The molecular formula is C11H23N. The molecule has 1 saturated carbocycles. The third-order valence-electron chi connectivity index (χ3n) is 3.65. The molecule has 2 N–H and O–H groups in total. The van der Waals surface area contributed by atoms with Crippen molar-refractivity contribution in [2.75, 3.05) is 6.54 Å². The van der Waals surface area contributed by atoms with E-state index in [9.17, 15) is 0 Å². The first-order valence-electron chi connectivity index (χ1n) is 5.49. The summed E-state index contributed by atoms with van der Waals surface area (Å²) < 4.78 is 0. The Morgan fingerprint density at radius 3 is 2.33 bits per heavy atom. The molecule has 1 nitrogen and oxygen atoms in total. The van der Waals surface area contributed by atoms with E-state index in [2.05, 4.69) is 13.8 Å². The molecule has 0 heterocycles. The van der Waals surface area contributed by atoms with Crippen LogP contribution < -0.4 is 5.73 Å². The van der Waals surface area contributed by atoms with Crippen molar-refractivity contribution in [3.05, 3.63) is 0 Å². The number of rotatable bonds is 4. The summed E-state index contributed by atoms with van der Waals surface area (Å²) in [6, 6.07) is 0. The first-order valence-corrected chi connectivity index (χ1v) is 5.49. The summed E-state index contributed by atoms with van der Waals surface area (Å²) in [6.45, 7) is 5.54. The van der Waals surface area contributed by atoms with Crippen molar-refractivity contribution >= 4 is 0 Å². The molecule has 1 rings (SSSR count). The number of hydrogen-bond acceptors (Lipinski definition) is 1. The van der Waals surface area contributed by atoms with E-state index in [1.54, 1.807) is 0 Å². The number of hydrogen-bond donors (Lipinski definition) is 1. The molecule has 2 atom stereocenters. The number of nitrogens with two attached hydrogens (primary N) is 1. The molecule has 0 radical (unpaired) electrons. The highest BCUT2D eigenvalue weighted by atomic mass is 14.6. The topological polar surface area (TPSA) is 26.0 Å². The zero-order valence-electron chi connectivity index (χ0n) is 8.55. The summed E-state index contributed by atoms with van der Waals surface area (Å²) in [7, 11) is 0. The lowest BCUT2D eigenvalue weighted by Crippen LogP contribution is -2.27. The van der Waals surface area contributed by atoms with Crippen LogP contribution >= 0.6 is 0 Å². The van der Waals surface area contributed by atoms with Gasteiger partial charge in [-0.05, 0) is 24.3 Å². The van der Waals surface area contributed by atoms with Crippen LogP contribution in [0.1, 0.15) is 46.0 Å². The summed E-state index contributed by atoms with van der Waals surface area (Å²) in [6.07, 6.45) is 7.05. The maximum atomic E-state index is 5.83. The molecule has 0 aromatic rings. The summed E-state index contributed by atoms with van der Waals surface area (Å²) in [5, 5.41) is 0. The Morgan fingerprint density at radius 2 is 1.92 bits per heavy atom. The van der Waals surface area contributed by atoms with Crippen LogP contribution in [0.15, 0.2) is 0 Å². The van der Waals surface area contributed by atoms with Crippen molar-refractivity contribution in [1.29, 1.82) is 0 Å². The Morgan fingerprint density at radius 1 is 1.33 bits per heavy atom. The largest absolute Gasteiger partial charge is 0.330 e. The third-order valence-corrected chi connectivity index (χ3v) is 3.65. The van der Waals surface area contributed by atoms with Gasteiger partial charge in [0.05, 0.1) is 0 Å². The zero-order chi connectivity index (χ0) is 8.97.